The molecule has 0 spiro atoms. The first-order valence-corrected chi connectivity index (χ1v) is 46.0. The second kappa shape index (κ2) is 48.1. The number of carbonyl (C=O) groups is 2. The van der Waals surface area contributed by atoms with Crippen molar-refractivity contribution in [1.82, 2.24) is 51.8 Å². The molecule has 716 valence electrons. The molecule has 2 amide bonds. The molecular formula is C110H122N14O14. The number of fused-ring (bicyclic) bond motifs is 4. The summed E-state index contributed by atoms with van der Waals surface area (Å²) in [6, 6.07) is 71.9. The first-order chi connectivity index (χ1) is 66.4. The zero-order chi connectivity index (χ0) is 97.6. The molecule has 2 aliphatic heterocycles. The molecule has 0 bridgehead atoms. The third kappa shape index (κ3) is 31.1. The number of amides is 2. The first-order valence-electron chi connectivity index (χ1n) is 46.0. The minimum Gasteiger partial charge on any atom is -0.494 e. The maximum Gasteiger partial charge on any atom is 0.250 e. The van der Waals surface area contributed by atoms with E-state index in [2.05, 4.69) is 138 Å². The maximum atomic E-state index is 11.2. The van der Waals surface area contributed by atoms with E-state index in [0.717, 1.165) is 92.9 Å². The van der Waals surface area contributed by atoms with Gasteiger partial charge in [-0.15, -0.1) is 0 Å². The number of carbonyl (C=O) groups excluding carboxylic acids is 2. The molecule has 28 heteroatoms. The van der Waals surface area contributed by atoms with Gasteiger partial charge in [0.2, 0.25) is 23.6 Å². The van der Waals surface area contributed by atoms with Crippen LogP contribution in [0, 0.1) is 34.5 Å². The Morgan fingerprint density at radius 3 is 1.06 bits per heavy atom. The molecule has 6 unspecified atom stereocenters. The summed E-state index contributed by atoms with van der Waals surface area (Å²) in [7, 11) is 0. The number of benzene rings is 8. The van der Waals surface area contributed by atoms with E-state index in [-0.39, 0.29) is 72.5 Å². The number of aromatic nitrogens is 4. The Morgan fingerprint density at radius 2 is 0.717 bits per heavy atom. The van der Waals surface area contributed by atoms with Gasteiger partial charge in [0, 0.05) is 113 Å². The Morgan fingerprint density at radius 1 is 0.391 bits per heavy atom. The quantitative estimate of drug-likeness (QED) is 0.0169. The van der Waals surface area contributed by atoms with Crippen molar-refractivity contribution in [3.05, 3.63) is 360 Å². The van der Waals surface area contributed by atoms with E-state index in [1.54, 1.807) is 72.8 Å². The van der Waals surface area contributed by atoms with E-state index in [9.17, 15) is 30.0 Å². The Hall–Kier alpha value is -14.8. The number of aromatic amines is 2. The molecular weight excluding hydrogens is 1740 g/mol. The molecule has 0 saturated carbocycles. The molecule has 28 nitrogen and oxygen atoms in total. The summed E-state index contributed by atoms with van der Waals surface area (Å²) >= 11 is 0. The van der Waals surface area contributed by atoms with Crippen LogP contribution in [0.2, 0.25) is 0 Å². The molecule has 138 heavy (non-hydrogen) atoms. The minimum absolute atomic E-state index is 0.193. The van der Waals surface area contributed by atoms with Crippen LogP contribution in [0.1, 0.15) is 109 Å². The molecule has 0 saturated heterocycles. The van der Waals surface area contributed by atoms with Gasteiger partial charge in [0.1, 0.15) is 114 Å². The molecule has 4 aromatic heterocycles. The Labute approximate surface area is 805 Å². The highest BCUT2D eigenvalue weighted by atomic mass is 16.5. The summed E-state index contributed by atoms with van der Waals surface area (Å²) in [6.45, 7) is 19.5. The van der Waals surface area contributed by atoms with Gasteiger partial charge >= 0.3 is 0 Å². The average Bonchev–Trinajstić information content (AvgIpc) is 1.69. The van der Waals surface area contributed by atoms with Crippen LogP contribution in [0.4, 0.5) is 0 Å². The van der Waals surface area contributed by atoms with Crippen LogP contribution in [-0.2, 0) is 35.2 Å². The third-order valence-corrected chi connectivity index (χ3v) is 23.1. The van der Waals surface area contributed by atoms with Gasteiger partial charge in [-0.2, -0.15) is 10.5 Å². The SMILES string of the molecule is CC(C)(Cc1ccc(Oc2ccc(C#N)cc2)cc1)NCC(O)COC1=CC=CC2NC=CC12.CC(C)(Cc1ccc(Oc2ccc(C#N)cn2)cc1)NCC(O)COc1cccc2[nH]ccc12.CC(C)(Cc1ccc(Oc2ccc(C(N)=O)cc2)cc1)NC[C@H](O)COC1=CC=CC2NC=CC12.CC(C)(Cc1ccc(Oc2ccc(C(N)=O)cn2)cc1)NC[C@H](O)COc1cccc2[nH]ccc12. The van der Waals surface area contributed by atoms with Gasteiger partial charge in [-0.1, -0.05) is 97.1 Å². The standard InChI is InChI=1S/C28H33N3O4.C28H31N3O3.C27H30N4O4.C27H28N4O3/c1-28(2,31-17-21(32)18-34-26-5-3-4-25-24(26)14-15-30-25)16-19-6-10-22(11-7-19)35-23-12-8-20(9-13-23)27(29)33;1-28(2,31-18-22(32)19-33-27-5-3-4-26-25(27)14-15-30-26)16-20-6-10-23(11-7-20)34-24-12-8-21(17-29)9-13-24;1-27(2,31-16-20(32)17-34-24-5-3-4-23-22(24)12-13-29-23)14-18-6-9-21(10-7-18)35-25-11-8-19(15-30-25)26(28)33;1-27(2,31-17-21(32)18-33-25-5-3-4-24-23(25)12-13-29-24)14-19-6-9-22(10-7-19)34-26-11-8-20(15-28)16-30-26/h3-15,21,24-25,30-32H,16-18H2,1-2H3,(H2,29,33);3-15,22,25-26,30-32H,16,18-19H2,1-2H3;3-13,15,20,29,31-32H,14,16-17H2,1-2H3,(H2,28,33);3-13,16,21,29,31-32H,14,17-18H2,1-2H3/t21-,24?,25?;;20-;/m0.0./s1. The monoisotopic (exact) mass is 1860 g/mol. The van der Waals surface area contributed by atoms with Crippen LogP contribution in [-0.4, -0.2) is 163 Å². The Kier molecular flexibility index (Phi) is 35.1. The van der Waals surface area contributed by atoms with Crippen LogP contribution < -0.4 is 71.8 Å². The fraction of sp³-hybridized carbons (Fsp3) is 0.291. The van der Waals surface area contributed by atoms with Crippen LogP contribution in [0.25, 0.3) is 21.8 Å². The number of hydrogen-bond donors (Lipinski definition) is 14. The summed E-state index contributed by atoms with van der Waals surface area (Å²) in [5, 5.41) is 81.9. The number of pyridine rings is 2. The van der Waals surface area contributed by atoms with E-state index in [1.807, 2.05) is 201 Å². The van der Waals surface area contributed by atoms with Gasteiger partial charge in [-0.25, -0.2) is 9.97 Å². The van der Waals surface area contributed by atoms with Crippen LogP contribution in [0.15, 0.2) is 316 Å². The van der Waals surface area contributed by atoms with E-state index in [0.29, 0.717) is 88.9 Å². The Bertz CT molecular complexity index is 6240. The number of nitrogens with two attached hydrogens (primary N) is 2. The van der Waals surface area contributed by atoms with E-state index in [1.165, 1.54) is 18.0 Å². The largest absolute Gasteiger partial charge is 0.494 e. The summed E-state index contributed by atoms with van der Waals surface area (Å²) < 4.78 is 46.7. The van der Waals surface area contributed by atoms with Gasteiger partial charge in [0.15, 0.2) is 0 Å². The molecule has 4 aliphatic rings. The number of aliphatic hydroxyl groups excluding tert-OH is 4. The highest BCUT2D eigenvalue weighted by Gasteiger charge is 2.31. The number of H-pyrrole nitrogens is 2. The second-order valence-electron chi connectivity index (χ2n) is 36.8. The van der Waals surface area contributed by atoms with E-state index >= 15 is 0 Å². The lowest BCUT2D eigenvalue weighted by atomic mass is 9.94. The minimum atomic E-state index is -0.646. The van der Waals surface area contributed by atoms with E-state index in [4.69, 9.17) is 59.9 Å². The third-order valence-electron chi connectivity index (χ3n) is 23.1. The van der Waals surface area contributed by atoms with Crippen molar-refractivity contribution in [2.45, 2.75) is 140 Å². The smallest absolute Gasteiger partial charge is 0.250 e. The molecule has 16 rings (SSSR count). The molecule has 12 aromatic rings. The van der Waals surface area contributed by atoms with Crippen LogP contribution >= 0.6 is 0 Å². The van der Waals surface area contributed by atoms with Crippen molar-refractivity contribution in [3.63, 3.8) is 0 Å². The van der Waals surface area contributed by atoms with Crippen molar-refractivity contribution in [3.8, 4) is 69.9 Å². The van der Waals surface area contributed by atoms with Crippen molar-refractivity contribution in [1.29, 1.82) is 10.5 Å². The number of nitrogens with one attached hydrogen (secondary N) is 8. The summed E-state index contributed by atoms with van der Waals surface area (Å²) in [4.78, 5) is 36.9. The summed E-state index contributed by atoms with van der Waals surface area (Å²) in [6.07, 6.45) is 27.5. The summed E-state index contributed by atoms with van der Waals surface area (Å²) in [5.74, 6) is 7.60. The number of β-amino-alcohol motifs (C(OH)–C–C–N with tert-alkyl or cyclic N) is 4. The molecule has 0 fully saturated rings. The fourth-order valence-corrected chi connectivity index (χ4v) is 15.8. The predicted octanol–water partition coefficient (Wildman–Crippen LogP) is 16.0. The molecule has 6 heterocycles. The van der Waals surface area contributed by atoms with Gasteiger partial charge in [0.25, 0.3) is 0 Å². The van der Waals surface area contributed by atoms with Crippen LogP contribution in [0.3, 0.4) is 0 Å². The average molecular weight is 1860 g/mol. The van der Waals surface area contributed by atoms with Gasteiger partial charge in [0.05, 0.1) is 46.7 Å². The lowest BCUT2D eigenvalue weighted by Crippen LogP contribution is -2.46. The number of rotatable bonds is 42. The zero-order valence-electron chi connectivity index (χ0n) is 78.8. The number of primary amides is 2. The second-order valence-corrected chi connectivity index (χ2v) is 36.8. The van der Waals surface area contributed by atoms with Crippen molar-refractivity contribution in [2.75, 3.05) is 52.6 Å². The highest BCUT2D eigenvalue weighted by molar-refractivity contribution is 5.93. The van der Waals surface area contributed by atoms with Crippen molar-refractivity contribution < 1.29 is 67.9 Å². The lowest BCUT2D eigenvalue weighted by molar-refractivity contribution is 0.0578. The normalized spacial score (nSPS) is 15.9. The number of ether oxygens (including phenoxy) is 8. The molecule has 16 N–H and O–H groups in total. The topological polar surface area (TPSA) is 418 Å². The molecule has 8 atom stereocenters. The zero-order valence-corrected chi connectivity index (χ0v) is 78.8. The molecule has 2 aliphatic carbocycles. The predicted molar refractivity (Wildman–Crippen MR) is 534 cm³/mol. The van der Waals surface area contributed by atoms with Crippen molar-refractivity contribution >= 4 is 33.6 Å². The van der Waals surface area contributed by atoms with Crippen LogP contribution in [0.5, 0.6) is 57.8 Å². The summed E-state index contributed by atoms with van der Waals surface area (Å²) in [5.41, 5.74) is 18.1. The van der Waals surface area contributed by atoms with E-state index < -0.39 is 36.2 Å². The number of hydrogen-bond acceptors (Lipinski definition) is 24. The number of allylic oxidation sites excluding steroid dienone is 4. The van der Waals surface area contributed by atoms with Gasteiger partial charge < -0.3 is 112 Å². The first kappa shape index (κ1) is 101. The highest BCUT2D eigenvalue weighted by Crippen LogP contribution is 2.34. The van der Waals surface area contributed by atoms with Crippen molar-refractivity contribution in [2.24, 2.45) is 23.3 Å². The van der Waals surface area contributed by atoms with Gasteiger partial charge in [-0.05, 0) is 273 Å². The van der Waals surface area contributed by atoms with Gasteiger partial charge in [-0.3, -0.25) is 9.59 Å². The molecule has 8 aromatic carbocycles. The lowest BCUT2D eigenvalue weighted by Gasteiger charge is -2.29. The maximum absolute atomic E-state index is 11.2. The number of nitrogens with zero attached hydrogens (tertiary/aromatic N) is 4. The number of nitriles is 2. The molecule has 0 radical (unpaired) electrons. The fourth-order valence-electron chi connectivity index (χ4n) is 15.8. The number of aliphatic hydroxyl groups is 4. The Balaban J connectivity index is 0.000000155.